The van der Waals surface area contributed by atoms with E-state index >= 15 is 0 Å². The molecule has 1 saturated heterocycles. The zero-order chi connectivity index (χ0) is 23.4. The molecule has 0 aromatic heterocycles. The molecule has 0 saturated carbocycles. The van der Waals surface area contributed by atoms with E-state index < -0.39 is 66.9 Å². The lowest BCUT2D eigenvalue weighted by Gasteiger charge is -2.23. The molecule has 1 fully saturated rings. The van der Waals surface area contributed by atoms with E-state index in [1.807, 2.05) is 0 Å². The van der Waals surface area contributed by atoms with Crippen LogP contribution in [0.3, 0.4) is 0 Å². The molecule has 0 aromatic carbocycles. The maximum Gasteiger partial charge on any atom is 0.326 e. The molecular formula is C18H31N5O8. The highest BCUT2D eigenvalue weighted by molar-refractivity contribution is 5.95. The Balaban J connectivity index is 2.75. The lowest BCUT2D eigenvalue weighted by atomic mass is 10.1. The Bertz CT molecular complexity index is 653. The molecule has 13 heteroatoms. The summed E-state index contributed by atoms with van der Waals surface area (Å²) in [7, 11) is 0. The molecule has 1 aliphatic heterocycles. The van der Waals surface area contributed by atoms with Gasteiger partial charge in [-0.05, 0) is 45.2 Å². The van der Waals surface area contributed by atoms with Crippen LogP contribution in [-0.2, 0) is 24.0 Å². The van der Waals surface area contributed by atoms with Crippen LogP contribution in [0.25, 0.3) is 0 Å². The SMILES string of the molecule is NCCCCC(NC(=O)C(CO)NC(=O)C(CC(=O)O)NC(=O)C1CCCN1)C(=O)O. The number of hydrogen-bond donors (Lipinski definition) is 8. The van der Waals surface area contributed by atoms with Crippen LogP contribution in [0.1, 0.15) is 38.5 Å². The van der Waals surface area contributed by atoms with Gasteiger partial charge in [0.1, 0.15) is 18.1 Å². The molecule has 0 spiro atoms. The summed E-state index contributed by atoms with van der Waals surface area (Å²) < 4.78 is 0. The Labute approximate surface area is 179 Å². The molecule has 4 unspecified atom stereocenters. The summed E-state index contributed by atoms with van der Waals surface area (Å²) in [5.74, 6) is -5.12. The molecule has 9 N–H and O–H groups in total. The molecule has 0 radical (unpaired) electrons. The van der Waals surface area contributed by atoms with Crippen molar-refractivity contribution in [2.45, 2.75) is 62.7 Å². The molecule has 1 heterocycles. The summed E-state index contributed by atoms with van der Waals surface area (Å²) in [6.45, 7) is 0.129. The number of carboxylic acids is 2. The molecule has 0 bridgehead atoms. The van der Waals surface area contributed by atoms with Crippen molar-refractivity contribution >= 4 is 29.7 Å². The maximum absolute atomic E-state index is 12.5. The van der Waals surface area contributed by atoms with Crippen molar-refractivity contribution in [2.24, 2.45) is 5.73 Å². The third kappa shape index (κ3) is 9.27. The molecule has 0 aromatic rings. The van der Waals surface area contributed by atoms with Crippen LogP contribution < -0.4 is 27.0 Å². The van der Waals surface area contributed by atoms with E-state index in [2.05, 4.69) is 21.3 Å². The van der Waals surface area contributed by atoms with Gasteiger partial charge in [-0.1, -0.05) is 0 Å². The van der Waals surface area contributed by atoms with Crippen LogP contribution in [0.15, 0.2) is 0 Å². The van der Waals surface area contributed by atoms with E-state index in [4.69, 9.17) is 10.8 Å². The Morgan fingerprint density at radius 2 is 1.61 bits per heavy atom. The molecule has 4 atom stereocenters. The van der Waals surface area contributed by atoms with Gasteiger partial charge >= 0.3 is 11.9 Å². The van der Waals surface area contributed by atoms with Crippen LogP contribution in [0.4, 0.5) is 0 Å². The standard InChI is InChI=1S/C18H31N5O8/c19-6-2-1-4-11(18(30)31)21-17(29)13(9-24)23-16(28)12(8-14(25)26)22-15(27)10-5-3-7-20-10/h10-13,20,24H,1-9,19H2,(H,21,29)(H,22,27)(H,23,28)(H,25,26)(H,30,31). The fourth-order valence-corrected chi connectivity index (χ4v) is 3.05. The number of aliphatic hydroxyl groups is 1. The van der Waals surface area contributed by atoms with Crippen molar-refractivity contribution in [3.8, 4) is 0 Å². The Kier molecular flexibility index (Phi) is 11.5. The lowest BCUT2D eigenvalue weighted by molar-refractivity contribution is -0.143. The average Bonchev–Trinajstić information content (AvgIpc) is 3.25. The Hall–Kier alpha value is -2.77. The number of carboxylic acid groups (broad SMARTS) is 2. The molecular weight excluding hydrogens is 414 g/mol. The summed E-state index contributed by atoms with van der Waals surface area (Å²) in [6, 6.07) is -4.80. The van der Waals surface area contributed by atoms with Gasteiger partial charge in [-0.3, -0.25) is 19.2 Å². The predicted molar refractivity (Wildman–Crippen MR) is 107 cm³/mol. The summed E-state index contributed by atoms with van der Waals surface area (Å²) in [5.41, 5.74) is 5.36. The smallest absolute Gasteiger partial charge is 0.326 e. The number of rotatable bonds is 14. The van der Waals surface area contributed by atoms with Crippen LogP contribution in [0, 0.1) is 0 Å². The van der Waals surface area contributed by atoms with E-state index in [0.29, 0.717) is 32.4 Å². The first kappa shape index (κ1) is 26.3. The highest BCUT2D eigenvalue weighted by Gasteiger charge is 2.32. The third-order valence-electron chi connectivity index (χ3n) is 4.77. The first-order valence-corrected chi connectivity index (χ1v) is 10.1. The highest BCUT2D eigenvalue weighted by atomic mass is 16.4. The van der Waals surface area contributed by atoms with Crippen molar-refractivity contribution in [3.63, 3.8) is 0 Å². The van der Waals surface area contributed by atoms with Gasteiger partial charge in [0, 0.05) is 0 Å². The molecule has 31 heavy (non-hydrogen) atoms. The zero-order valence-corrected chi connectivity index (χ0v) is 17.1. The second-order valence-corrected chi connectivity index (χ2v) is 7.24. The van der Waals surface area contributed by atoms with Gasteiger partial charge in [0.25, 0.3) is 0 Å². The van der Waals surface area contributed by atoms with Crippen LogP contribution >= 0.6 is 0 Å². The van der Waals surface area contributed by atoms with Gasteiger partial charge in [0.15, 0.2) is 0 Å². The third-order valence-corrected chi connectivity index (χ3v) is 4.77. The average molecular weight is 445 g/mol. The Morgan fingerprint density at radius 1 is 0.968 bits per heavy atom. The van der Waals surface area contributed by atoms with Crippen molar-refractivity contribution in [1.29, 1.82) is 0 Å². The molecule has 3 amide bonds. The molecule has 176 valence electrons. The minimum absolute atomic E-state index is 0.108. The van der Waals surface area contributed by atoms with E-state index in [-0.39, 0.29) is 6.42 Å². The van der Waals surface area contributed by atoms with E-state index in [1.54, 1.807) is 0 Å². The van der Waals surface area contributed by atoms with Gasteiger partial charge in [-0.2, -0.15) is 0 Å². The van der Waals surface area contributed by atoms with Crippen LogP contribution in [-0.4, -0.2) is 88.8 Å². The van der Waals surface area contributed by atoms with Crippen molar-refractivity contribution < 1.29 is 39.3 Å². The molecule has 13 nitrogen and oxygen atoms in total. The predicted octanol–water partition coefficient (Wildman–Crippen LogP) is -3.13. The highest BCUT2D eigenvalue weighted by Crippen LogP contribution is 2.06. The summed E-state index contributed by atoms with van der Waals surface area (Å²) in [4.78, 5) is 59.5. The monoisotopic (exact) mass is 445 g/mol. The fourth-order valence-electron chi connectivity index (χ4n) is 3.05. The Morgan fingerprint density at radius 3 is 2.13 bits per heavy atom. The number of aliphatic hydroxyl groups excluding tert-OH is 1. The first-order valence-electron chi connectivity index (χ1n) is 10.1. The quantitative estimate of drug-likeness (QED) is 0.126. The summed E-state index contributed by atoms with van der Waals surface area (Å²) in [5, 5.41) is 37.4. The van der Waals surface area contributed by atoms with E-state index in [1.165, 1.54) is 0 Å². The maximum atomic E-state index is 12.5. The number of nitrogens with two attached hydrogens (primary N) is 1. The van der Waals surface area contributed by atoms with Gasteiger partial charge < -0.3 is 42.3 Å². The second-order valence-electron chi connectivity index (χ2n) is 7.24. The van der Waals surface area contributed by atoms with Crippen LogP contribution in [0.5, 0.6) is 0 Å². The van der Waals surface area contributed by atoms with Crippen molar-refractivity contribution in [3.05, 3.63) is 0 Å². The van der Waals surface area contributed by atoms with Crippen LogP contribution in [0.2, 0.25) is 0 Å². The van der Waals surface area contributed by atoms with Gasteiger partial charge in [-0.25, -0.2) is 4.79 Å². The molecule has 1 aliphatic rings. The number of carbonyl (C=O) groups excluding carboxylic acids is 3. The first-order chi connectivity index (χ1) is 14.7. The van der Waals surface area contributed by atoms with E-state index in [0.717, 1.165) is 6.42 Å². The van der Waals surface area contributed by atoms with Crippen molar-refractivity contribution in [1.82, 2.24) is 21.3 Å². The number of nitrogens with one attached hydrogen (secondary N) is 4. The lowest BCUT2D eigenvalue weighted by Crippen LogP contribution is -2.58. The summed E-state index contributed by atoms with van der Waals surface area (Å²) >= 11 is 0. The molecule has 0 aliphatic carbocycles. The molecule has 1 rings (SSSR count). The topological polar surface area (TPSA) is 220 Å². The second kappa shape index (κ2) is 13.5. The van der Waals surface area contributed by atoms with E-state index in [9.17, 15) is 34.2 Å². The number of carbonyl (C=O) groups is 5. The minimum Gasteiger partial charge on any atom is -0.481 e. The van der Waals surface area contributed by atoms with Gasteiger partial charge in [-0.15, -0.1) is 0 Å². The number of aliphatic carboxylic acids is 2. The zero-order valence-electron chi connectivity index (χ0n) is 17.1. The van der Waals surface area contributed by atoms with Crippen molar-refractivity contribution in [2.75, 3.05) is 19.7 Å². The fraction of sp³-hybridized carbons (Fsp3) is 0.722. The number of unbranched alkanes of at least 4 members (excludes halogenated alkanes) is 1. The summed E-state index contributed by atoms with van der Waals surface area (Å²) in [6.07, 6.45) is 1.68. The number of hydrogen-bond acceptors (Lipinski definition) is 8. The van der Waals surface area contributed by atoms with Gasteiger partial charge in [0.05, 0.1) is 19.1 Å². The normalized spacial score (nSPS) is 18.5. The number of amides is 3. The minimum atomic E-state index is -1.53. The largest absolute Gasteiger partial charge is 0.481 e. The van der Waals surface area contributed by atoms with Gasteiger partial charge in [0.2, 0.25) is 17.7 Å².